The smallest absolute Gasteiger partial charge is 0.250 e. The number of nitrogens with one attached hydrogen (secondary N) is 1. The SMILES string of the molecule is Cn1c(SCC(=O)NN=Cc2cccc(Cl)c2)nnc1-c1ccc(Cl)cc1. The summed E-state index contributed by atoms with van der Waals surface area (Å²) in [6, 6.07) is 14.5. The van der Waals surface area contributed by atoms with Gasteiger partial charge in [0.1, 0.15) is 0 Å². The minimum absolute atomic E-state index is 0.166. The van der Waals surface area contributed by atoms with E-state index in [1.807, 2.05) is 35.9 Å². The quantitative estimate of drug-likeness (QED) is 0.371. The molecular formula is C18H15Cl2N5OS. The number of halogens is 2. The summed E-state index contributed by atoms with van der Waals surface area (Å²) < 4.78 is 1.83. The third-order valence-corrected chi connectivity index (χ3v) is 5.03. The van der Waals surface area contributed by atoms with Crippen LogP contribution in [0, 0.1) is 0 Å². The number of carbonyl (C=O) groups excluding carboxylic acids is 1. The highest BCUT2D eigenvalue weighted by Crippen LogP contribution is 2.23. The fraction of sp³-hybridized carbons (Fsp3) is 0.111. The molecule has 1 amide bonds. The number of nitrogens with zero attached hydrogens (tertiary/aromatic N) is 4. The first-order chi connectivity index (χ1) is 13.0. The molecule has 0 saturated carbocycles. The first kappa shape index (κ1) is 19.4. The Morgan fingerprint density at radius 1 is 1.19 bits per heavy atom. The standard InChI is InChI=1S/C18H15Cl2N5OS/c1-25-17(13-5-7-14(19)8-6-13)23-24-18(25)27-11-16(26)22-21-10-12-3-2-4-15(20)9-12/h2-10H,11H2,1H3,(H,22,26). The average Bonchev–Trinajstić information content (AvgIpc) is 3.01. The monoisotopic (exact) mass is 419 g/mol. The average molecular weight is 420 g/mol. The first-order valence-electron chi connectivity index (χ1n) is 7.88. The van der Waals surface area contributed by atoms with Crippen LogP contribution in [0.25, 0.3) is 11.4 Å². The Hall–Kier alpha value is -2.35. The van der Waals surface area contributed by atoms with Crippen molar-refractivity contribution in [3.63, 3.8) is 0 Å². The summed E-state index contributed by atoms with van der Waals surface area (Å²) in [5.41, 5.74) is 4.18. The van der Waals surface area contributed by atoms with Gasteiger partial charge in [-0.25, -0.2) is 5.43 Å². The normalized spacial score (nSPS) is 11.1. The van der Waals surface area contributed by atoms with Gasteiger partial charge in [0.2, 0.25) is 0 Å². The van der Waals surface area contributed by atoms with E-state index < -0.39 is 0 Å². The van der Waals surface area contributed by atoms with Crippen molar-refractivity contribution in [2.24, 2.45) is 12.1 Å². The van der Waals surface area contributed by atoms with Gasteiger partial charge in [0.15, 0.2) is 11.0 Å². The lowest BCUT2D eigenvalue weighted by molar-refractivity contribution is -0.118. The maximum Gasteiger partial charge on any atom is 0.250 e. The molecule has 0 fully saturated rings. The summed E-state index contributed by atoms with van der Waals surface area (Å²) in [6.07, 6.45) is 1.54. The zero-order chi connectivity index (χ0) is 19.2. The van der Waals surface area contributed by atoms with Crippen molar-refractivity contribution < 1.29 is 4.79 Å². The van der Waals surface area contributed by atoms with Gasteiger partial charge in [-0.1, -0.05) is 47.1 Å². The van der Waals surface area contributed by atoms with E-state index in [4.69, 9.17) is 23.2 Å². The van der Waals surface area contributed by atoms with Crippen LogP contribution >= 0.6 is 35.0 Å². The molecule has 0 bridgehead atoms. The number of carbonyl (C=O) groups is 1. The third kappa shape index (κ3) is 5.32. The Labute approximate surface area is 170 Å². The lowest BCUT2D eigenvalue weighted by Gasteiger charge is -2.04. The van der Waals surface area contributed by atoms with Crippen LogP contribution in [0.5, 0.6) is 0 Å². The molecule has 0 spiro atoms. The van der Waals surface area contributed by atoms with Gasteiger partial charge >= 0.3 is 0 Å². The molecular weight excluding hydrogens is 405 g/mol. The van der Waals surface area contributed by atoms with Crippen molar-refractivity contribution in [1.29, 1.82) is 0 Å². The molecule has 1 N–H and O–H groups in total. The van der Waals surface area contributed by atoms with Crippen molar-refractivity contribution in [2.75, 3.05) is 5.75 Å². The van der Waals surface area contributed by atoms with Crippen LogP contribution in [0.3, 0.4) is 0 Å². The summed E-state index contributed by atoms with van der Waals surface area (Å²) in [5, 5.41) is 14.1. The minimum Gasteiger partial charge on any atom is -0.305 e. The van der Waals surface area contributed by atoms with E-state index in [0.29, 0.717) is 21.0 Å². The number of hydrazone groups is 1. The molecule has 1 aromatic heterocycles. The highest BCUT2D eigenvalue weighted by atomic mass is 35.5. The van der Waals surface area contributed by atoms with Crippen LogP contribution in [0.2, 0.25) is 10.0 Å². The van der Waals surface area contributed by atoms with Gasteiger partial charge in [0.25, 0.3) is 5.91 Å². The topological polar surface area (TPSA) is 72.2 Å². The fourth-order valence-electron chi connectivity index (χ4n) is 2.22. The molecule has 2 aromatic carbocycles. The Bertz CT molecular complexity index is 972. The predicted molar refractivity (Wildman–Crippen MR) is 109 cm³/mol. The third-order valence-electron chi connectivity index (χ3n) is 3.52. The van der Waals surface area contributed by atoms with Crippen molar-refractivity contribution in [1.82, 2.24) is 20.2 Å². The Balaban J connectivity index is 1.55. The number of hydrogen-bond donors (Lipinski definition) is 1. The fourth-order valence-corrected chi connectivity index (χ4v) is 3.25. The zero-order valence-electron chi connectivity index (χ0n) is 14.3. The van der Waals surface area contributed by atoms with Gasteiger partial charge in [-0.2, -0.15) is 5.10 Å². The van der Waals surface area contributed by atoms with Gasteiger partial charge in [-0.3, -0.25) is 4.79 Å². The molecule has 0 atom stereocenters. The molecule has 0 aliphatic rings. The lowest BCUT2D eigenvalue weighted by atomic mass is 10.2. The molecule has 0 aliphatic heterocycles. The molecule has 6 nitrogen and oxygen atoms in total. The molecule has 0 saturated heterocycles. The van der Waals surface area contributed by atoms with Gasteiger partial charge in [0.05, 0.1) is 12.0 Å². The molecule has 9 heteroatoms. The van der Waals surface area contributed by atoms with Crippen LogP contribution in [0.4, 0.5) is 0 Å². The van der Waals surface area contributed by atoms with Gasteiger partial charge in [0, 0.05) is 22.7 Å². The maximum atomic E-state index is 12.0. The van der Waals surface area contributed by atoms with Gasteiger partial charge < -0.3 is 4.57 Å². The lowest BCUT2D eigenvalue weighted by Crippen LogP contribution is -2.19. The number of benzene rings is 2. The van der Waals surface area contributed by atoms with E-state index in [9.17, 15) is 4.79 Å². The number of amides is 1. The largest absolute Gasteiger partial charge is 0.305 e. The summed E-state index contributed by atoms with van der Waals surface area (Å²) in [7, 11) is 1.85. The van der Waals surface area contributed by atoms with E-state index in [-0.39, 0.29) is 11.7 Å². The van der Waals surface area contributed by atoms with Crippen molar-refractivity contribution in [3.05, 3.63) is 64.1 Å². The number of thioether (sulfide) groups is 1. The Morgan fingerprint density at radius 3 is 2.70 bits per heavy atom. The molecule has 138 valence electrons. The second-order valence-corrected chi connectivity index (χ2v) is 7.32. The molecule has 0 unspecified atom stereocenters. The van der Waals surface area contributed by atoms with Crippen LogP contribution in [-0.4, -0.2) is 32.6 Å². The molecule has 3 aromatic rings. The van der Waals surface area contributed by atoms with Crippen LogP contribution < -0.4 is 5.43 Å². The first-order valence-corrected chi connectivity index (χ1v) is 9.62. The highest BCUT2D eigenvalue weighted by Gasteiger charge is 2.12. The second kappa shape index (κ2) is 9.03. The Morgan fingerprint density at radius 2 is 1.96 bits per heavy atom. The van der Waals surface area contributed by atoms with Crippen LogP contribution in [0.1, 0.15) is 5.56 Å². The summed E-state index contributed by atoms with van der Waals surface area (Å²) in [4.78, 5) is 12.0. The van der Waals surface area contributed by atoms with Crippen molar-refractivity contribution in [3.8, 4) is 11.4 Å². The van der Waals surface area contributed by atoms with Crippen molar-refractivity contribution >= 4 is 47.1 Å². The van der Waals surface area contributed by atoms with Crippen LogP contribution in [0.15, 0.2) is 58.8 Å². The number of rotatable bonds is 6. The molecule has 27 heavy (non-hydrogen) atoms. The summed E-state index contributed by atoms with van der Waals surface area (Å²) >= 11 is 13.1. The highest BCUT2D eigenvalue weighted by molar-refractivity contribution is 7.99. The molecule has 0 radical (unpaired) electrons. The van der Waals surface area contributed by atoms with E-state index in [1.54, 1.807) is 24.3 Å². The molecule has 3 rings (SSSR count). The molecule has 1 heterocycles. The summed E-state index contributed by atoms with van der Waals surface area (Å²) in [6.45, 7) is 0. The van der Waals surface area contributed by atoms with Gasteiger partial charge in [-0.05, 0) is 42.0 Å². The minimum atomic E-state index is -0.241. The maximum absolute atomic E-state index is 12.0. The van der Waals surface area contributed by atoms with E-state index in [1.165, 1.54) is 18.0 Å². The van der Waals surface area contributed by atoms with Crippen LogP contribution in [-0.2, 0) is 11.8 Å². The van der Waals surface area contributed by atoms with Crippen molar-refractivity contribution in [2.45, 2.75) is 5.16 Å². The number of hydrogen-bond acceptors (Lipinski definition) is 5. The van der Waals surface area contributed by atoms with E-state index in [2.05, 4.69) is 20.7 Å². The Kier molecular flexibility index (Phi) is 6.49. The van der Waals surface area contributed by atoms with E-state index in [0.717, 1.165) is 11.1 Å². The number of aromatic nitrogens is 3. The predicted octanol–water partition coefficient (Wildman–Crippen LogP) is 4.03. The second-order valence-electron chi connectivity index (χ2n) is 5.51. The zero-order valence-corrected chi connectivity index (χ0v) is 16.6. The molecule has 0 aliphatic carbocycles. The van der Waals surface area contributed by atoms with E-state index >= 15 is 0 Å². The summed E-state index contributed by atoms with van der Waals surface area (Å²) in [5.74, 6) is 0.627. The van der Waals surface area contributed by atoms with Gasteiger partial charge in [-0.15, -0.1) is 10.2 Å².